The van der Waals surface area contributed by atoms with E-state index in [1.54, 1.807) is 7.11 Å². The zero-order chi connectivity index (χ0) is 15.6. The topological polar surface area (TPSA) is 53.6 Å². The second-order valence-electron chi connectivity index (χ2n) is 5.59. The van der Waals surface area contributed by atoms with Crippen LogP contribution < -0.4 is 15.5 Å². The maximum absolute atomic E-state index is 12.0. The Balaban J connectivity index is 0.00000264. The van der Waals surface area contributed by atoms with Crippen molar-refractivity contribution in [1.82, 2.24) is 10.6 Å². The van der Waals surface area contributed by atoms with Crippen LogP contribution in [0.25, 0.3) is 0 Å². The van der Waals surface area contributed by atoms with Crippen LogP contribution in [-0.2, 0) is 4.74 Å². The van der Waals surface area contributed by atoms with Crippen LogP contribution in [0.1, 0.15) is 29.6 Å². The summed E-state index contributed by atoms with van der Waals surface area (Å²) in [7, 11) is 1.68. The Morgan fingerprint density at radius 2 is 1.71 bits per heavy atom. The lowest BCUT2D eigenvalue weighted by Crippen LogP contribution is -2.33. The Labute approximate surface area is 157 Å². The lowest BCUT2D eigenvalue weighted by atomic mass is 10.1. The van der Waals surface area contributed by atoms with Gasteiger partial charge in [0.25, 0.3) is 5.91 Å². The van der Waals surface area contributed by atoms with Crippen molar-refractivity contribution in [1.29, 1.82) is 0 Å². The summed E-state index contributed by atoms with van der Waals surface area (Å²) in [5, 5.41) is 6.12. The standard InChI is InChI=1S/C17H27N3O2.2ClH/c1-22-14-11-18-9-10-19-17(21)15-5-7-16(8-6-15)20-12-3-2-4-13-20;;/h5-8,18H,2-4,9-14H2,1H3,(H,19,21);2*1H. The van der Waals surface area contributed by atoms with Gasteiger partial charge < -0.3 is 20.3 Å². The first-order chi connectivity index (χ1) is 10.8. The van der Waals surface area contributed by atoms with Crippen molar-refractivity contribution in [3.05, 3.63) is 29.8 Å². The molecule has 1 aliphatic rings. The molecule has 2 N–H and O–H groups in total. The lowest BCUT2D eigenvalue weighted by molar-refractivity contribution is 0.0953. The molecule has 0 radical (unpaired) electrons. The van der Waals surface area contributed by atoms with Crippen molar-refractivity contribution in [3.8, 4) is 0 Å². The fraction of sp³-hybridized carbons (Fsp3) is 0.588. The number of nitrogens with zero attached hydrogens (tertiary/aromatic N) is 1. The van der Waals surface area contributed by atoms with E-state index in [0.717, 1.165) is 31.7 Å². The third-order valence-corrected chi connectivity index (χ3v) is 3.92. The van der Waals surface area contributed by atoms with E-state index in [1.165, 1.54) is 24.9 Å². The molecule has 7 heteroatoms. The maximum atomic E-state index is 12.0. The minimum atomic E-state index is -0.0151. The van der Waals surface area contributed by atoms with Gasteiger partial charge in [0, 0.05) is 51.1 Å². The third kappa shape index (κ3) is 7.71. The average Bonchev–Trinajstić information content (AvgIpc) is 2.59. The van der Waals surface area contributed by atoms with Crippen molar-refractivity contribution in [2.45, 2.75) is 19.3 Å². The molecule has 24 heavy (non-hydrogen) atoms. The van der Waals surface area contributed by atoms with Crippen LogP contribution in [0.2, 0.25) is 0 Å². The van der Waals surface area contributed by atoms with Crippen LogP contribution in [0.5, 0.6) is 0 Å². The van der Waals surface area contributed by atoms with Gasteiger partial charge >= 0.3 is 0 Å². The molecule has 1 heterocycles. The summed E-state index contributed by atoms with van der Waals surface area (Å²) in [6.07, 6.45) is 3.85. The summed E-state index contributed by atoms with van der Waals surface area (Å²) in [6, 6.07) is 7.93. The van der Waals surface area contributed by atoms with E-state index in [0.29, 0.717) is 13.2 Å². The molecule has 1 amide bonds. The molecule has 0 spiro atoms. The average molecular weight is 378 g/mol. The number of benzene rings is 1. The van der Waals surface area contributed by atoms with Gasteiger partial charge in [0.05, 0.1) is 6.61 Å². The second kappa shape index (κ2) is 13.3. The van der Waals surface area contributed by atoms with Gasteiger partial charge in [-0.3, -0.25) is 4.79 Å². The lowest BCUT2D eigenvalue weighted by Gasteiger charge is -2.28. The molecule has 0 atom stereocenters. The van der Waals surface area contributed by atoms with E-state index in [9.17, 15) is 4.79 Å². The summed E-state index contributed by atoms with van der Waals surface area (Å²) in [4.78, 5) is 14.4. The quantitative estimate of drug-likeness (QED) is 0.683. The second-order valence-corrected chi connectivity index (χ2v) is 5.59. The highest BCUT2D eigenvalue weighted by Gasteiger charge is 2.11. The van der Waals surface area contributed by atoms with Crippen molar-refractivity contribution < 1.29 is 9.53 Å². The molecule has 5 nitrogen and oxygen atoms in total. The van der Waals surface area contributed by atoms with Gasteiger partial charge in [-0.15, -0.1) is 24.8 Å². The van der Waals surface area contributed by atoms with E-state index in [2.05, 4.69) is 27.7 Å². The third-order valence-electron chi connectivity index (χ3n) is 3.92. The molecular weight excluding hydrogens is 349 g/mol. The van der Waals surface area contributed by atoms with Crippen molar-refractivity contribution in [3.63, 3.8) is 0 Å². The summed E-state index contributed by atoms with van der Waals surface area (Å²) in [5.41, 5.74) is 1.94. The van der Waals surface area contributed by atoms with E-state index in [-0.39, 0.29) is 30.7 Å². The Kier molecular flexibility index (Phi) is 12.7. The number of hydrogen-bond acceptors (Lipinski definition) is 4. The van der Waals surface area contributed by atoms with Gasteiger partial charge in [0.1, 0.15) is 0 Å². The van der Waals surface area contributed by atoms with Gasteiger partial charge in [0.2, 0.25) is 0 Å². The molecule has 1 saturated heterocycles. The Bertz CT molecular complexity index is 452. The number of halogens is 2. The number of carbonyl (C=O) groups excluding carboxylic acids is 1. The Morgan fingerprint density at radius 3 is 2.33 bits per heavy atom. The number of carbonyl (C=O) groups is 1. The number of hydrogen-bond donors (Lipinski definition) is 2. The largest absolute Gasteiger partial charge is 0.383 e. The van der Waals surface area contributed by atoms with Crippen LogP contribution in [0.15, 0.2) is 24.3 Å². The van der Waals surface area contributed by atoms with Gasteiger partial charge in [-0.1, -0.05) is 0 Å². The van der Waals surface area contributed by atoms with Gasteiger partial charge in [-0.05, 0) is 43.5 Å². The smallest absolute Gasteiger partial charge is 0.251 e. The van der Waals surface area contributed by atoms with Gasteiger partial charge in [-0.25, -0.2) is 0 Å². The van der Waals surface area contributed by atoms with Crippen molar-refractivity contribution in [2.75, 3.05) is 51.3 Å². The first-order valence-electron chi connectivity index (χ1n) is 8.14. The van der Waals surface area contributed by atoms with Crippen LogP contribution in [0.3, 0.4) is 0 Å². The summed E-state index contributed by atoms with van der Waals surface area (Å²) < 4.78 is 4.95. The van der Waals surface area contributed by atoms with E-state index >= 15 is 0 Å². The number of nitrogens with one attached hydrogen (secondary N) is 2. The monoisotopic (exact) mass is 377 g/mol. The number of piperidine rings is 1. The van der Waals surface area contributed by atoms with E-state index < -0.39 is 0 Å². The predicted octanol–water partition coefficient (Wildman–Crippen LogP) is 2.49. The van der Waals surface area contributed by atoms with Crippen molar-refractivity contribution >= 4 is 36.4 Å². The minimum absolute atomic E-state index is 0. The number of methoxy groups -OCH3 is 1. The number of ether oxygens (including phenoxy) is 1. The molecule has 1 aliphatic heterocycles. The molecule has 0 aromatic heterocycles. The fourth-order valence-electron chi connectivity index (χ4n) is 2.64. The number of anilines is 1. The van der Waals surface area contributed by atoms with Gasteiger partial charge in [-0.2, -0.15) is 0 Å². The molecule has 0 bridgehead atoms. The maximum Gasteiger partial charge on any atom is 0.251 e. The van der Waals surface area contributed by atoms with Gasteiger partial charge in [0.15, 0.2) is 0 Å². The highest BCUT2D eigenvalue weighted by Crippen LogP contribution is 2.20. The molecule has 1 fully saturated rings. The van der Waals surface area contributed by atoms with Crippen LogP contribution in [0, 0.1) is 0 Å². The highest BCUT2D eigenvalue weighted by molar-refractivity contribution is 5.94. The first kappa shape index (κ1) is 23.0. The van der Waals surface area contributed by atoms with Crippen molar-refractivity contribution in [2.24, 2.45) is 0 Å². The van der Waals surface area contributed by atoms with E-state index in [4.69, 9.17) is 4.74 Å². The van der Waals surface area contributed by atoms with Crippen LogP contribution in [0.4, 0.5) is 5.69 Å². The molecule has 1 aromatic carbocycles. The zero-order valence-corrected chi connectivity index (χ0v) is 15.9. The molecule has 2 rings (SSSR count). The summed E-state index contributed by atoms with van der Waals surface area (Å²) in [6.45, 7) is 5.11. The highest BCUT2D eigenvalue weighted by atomic mass is 35.5. The molecule has 0 saturated carbocycles. The Morgan fingerprint density at radius 1 is 1.04 bits per heavy atom. The number of rotatable bonds is 8. The van der Waals surface area contributed by atoms with Crippen LogP contribution >= 0.6 is 24.8 Å². The summed E-state index contributed by atoms with van der Waals surface area (Å²) >= 11 is 0. The zero-order valence-electron chi connectivity index (χ0n) is 14.3. The molecule has 0 unspecified atom stereocenters. The molecule has 0 aliphatic carbocycles. The Hall–Kier alpha value is -1.01. The summed E-state index contributed by atoms with van der Waals surface area (Å²) in [5.74, 6) is -0.0151. The SMILES string of the molecule is COCCNCCNC(=O)c1ccc(N2CCCCC2)cc1.Cl.Cl. The predicted molar refractivity (Wildman–Crippen MR) is 104 cm³/mol. The molecular formula is C17H29Cl2N3O2. The molecule has 138 valence electrons. The fourth-order valence-corrected chi connectivity index (χ4v) is 2.64. The van der Waals surface area contributed by atoms with Crippen LogP contribution in [-0.4, -0.2) is 52.3 Å². The van der Waals surface area contributed by atoms with E-state index in [1.807, 2.05) is 12.1 Å². The number of amides is 1. The minimum Gasteiger partial charge on any atom is -0.383 e. The molecule has 1 aromatic rings. The normalized spacial score (nSPS) is 13.6. The first-order valence-corrected chi connectivity index (χ1v) is 8.14.